The third-order valence-corrected chi connectivity index (χ3v) is 3.37. The van der Waals surface area contributed by atoms with Crippen molar-refractivity contribution in [1.29, 1.82) is 5.26 Å². The van der Waals surface area contributed by atoms with Crippen LogP contribution in [0.25, 0.3) is 0 Å². The number of nitrogens with one attached hydrogen (secondary N) is 1. The highest BCUT2D eigenvalue weighted by atomic mass is 16.2. The Morgan fingerprint density at radius 3 is 2.77 bits per heavy atom. The highest BCUT2D eigenvalue weighted by Crippen LogP contribution is 2.12. The predicted molar refractivity (Wildman–Crippen MR) is 83.8 cm³/mol. The summed E-state index contributed by atoms with van der Waals surface area (Å²) >= 11 is 0. The van der Waals surface area contributed by atoms with Crippen molar-refractivity contribution in [3.05, 3.63) is 65.5 Å². The molecule has 0 fully saturated rings. The molecule has 1 heterocycles. The van der Waals surface area contributed by atoms with Crippen LogP contribution in [0.15, 0.2) is 48.8 Å². The number of aromatic nitrogens is 1. The number of carbonyl (C=O) groups excluding carboxylic acids is 1. The average Bonchev–Trinajstić information content (AvgIpc) is 2.55. The van der Waals surface area contributed by atoms with Gasteiger partial charge in [-0.15, -0.1) is 0 Å². The number of hydrogen-bond donors (Lipinski definition) is 1. The van der Waals surface area contributed by atoms with Gasteiger partial charge in [-0.1, -0.05) is 12.1 Å². The molecule has 2 aromatic rings. The van der Waals surface area contributed by atoms with Crippen LogP contribution in [0, 0.1) is 11.3 Å². The number of carbonyl (C=O) groups is 1. The molecule has 0 spiro atoms. The molecule has 22 heavy (non-hydrogen) atoms. The molecule has 1 N–H and O–H groups in total. The topological polar surface area (TPSA) is 69.0 Å². The van der Waals surface area contributed by atoms with Gasteiger partial charge in [-0.2, -0.15) is 5.26 Å². The Kier molecular flexibility index (Phi) is 5.10. The molecule has 0 radical (unpaired) electrons. The van der Waals surface area contributed by atoms with E-state index < -0.39 is 0 Å². The molecule has 1 unspecified atom stereocenters. The van der Waals surface area contributed by atoms with Gasteiger partial charge in [-0.05, 0) is 42.3 Å². The summed E-state index contributed by atoms with van der Waals surface area (Å²) < 4.78 is 0. The molecular weight excluding hydrogens is 276 g/mol. The maximum absolute atomic E-state index is 12.2. The number of amides is 2. The monoisotopic (exact) mass is 294 g/mol. The van der Waals surface area contributed by atoms with E-state index in [0.717, 1.165) is 11.1 Å². The minimum atomic E-state index is -0.160. The lowest BCUT2D eigenvalue weighted by Crippen LogP contribution is -2.38. The van der Waals surface area contributed by atoms with Crippen LogP contribution in [0.3, 0.4) is 0 Å². The molecular formula is C17H18N4O. The quantitative estimate of drug-likeness (QED) is 0.942. The van der Waals surface area contributed by atoms with E-state index >= 15 is 0 Å². The van der Waals surface area contributed by atoms with E-state index in [0.29, 0.717) is 12.1 Å². The van der Waals surface area contributed by atoms with Crippen LogP contribution in [-0.4, -0.2) is 23.0 Å². The largest absolute Gasteiger partial charge is 0.331 e. The van der Waals surface area contributed by atoms with Gasteiger partial charge in [0.1, 0.15) is 0 Å². The van der Waals surface area contributed by atoms with Crippen LogP contribution >= 0.6 is 0 Å². The Hall–Kier alpha value is -2.87. The van der Waals surface area contributed by atoms with Gasteiger partial charge in [0, 0.05) is 26.0 Å². The van der Waals surface area contributed by atoms with Gasteiger partial charge in [0.15, 0.2) is 0 Å². The lowest BCUT2D eigenvalue weighted by atomic mass is 10.1. The third-order valence-electron chi connectivity index (χ3n) is 3.37. The standard InChI is InChI=1S/C17H18N4O/c1-13(16-6-8-19-9-7-16)20-17(22)21(2)12-15-5-3-4-14(10-15)11-18/h3-10,13H,12H2,1-2H3,(H,20,22). The Labute approximate surface area is 130 Å². The average molecular weight is 294 g/mol. The van der Waals surface area contributed by atoms with Crippen LogP contribution in [0.4, 0.5) is 4.79 Å². The number of nitrogens with zero attached hydrogens (tertiary/aromatic N) is 3. The first kappa shape index (κ1) is 15.5. The van der Waals surface area contributed by atoms with Crippen molar-refractivity contribution in [2.24, 2.45) is 0 Å². The van der Waals surface area contributed by atoms with Gasteiger partial charge in [-0.25, -0.2) is 4.79 Å². The number of benzene rings is 1. The zero-order valence-electron chi connectivity index (χ0n) is 12.7. The van der Waals surface area contributed by atoms with Crippen LogP contribution in [-0.2, 0) is 6.54 Å². The molecule has 2 rings (SSSR count). The van der Waals surface area contributed by atoms with Crippen molar-refractivity contribution >= 4 is 6.03 Å². The van der Waals surface area contributed by atoms with Gasteiger partial charge in [0.25, 0.3) is 0 Å². The number of pyridine rings is 1. The van der Waals surface area contributed by atoms with E-state index in [1.165, 1.54) is 0 Å². The normalized spacial score (nSPS) is 11.3. The van der Waals surface area contributed by atoms with E-state index in [1.54, 1.807) is 36.5 Å². The second-order valence-electron chi connectivity index (χ2n) is 5.12. The van der Waals surface area contributed by atoms with Gasteiger partial charge in [0.05, 0.1) is 17.7 Å². The summed E-state index contributed by atoms with van der Waals surface area (Å²) in [5, 5.41) is 11.8. The summed E-state index contributed by atoms with van der Waals surface area (Å²) in [5.74, 6) is 0. The van der Waals surface area contributed by atoms with Crippen molar-refractivity contribution in [2.75, 3.05) is 7.05 Å². The fourth-order valence-electron chi connectivity index (χ4n) is 2.12. The molecule has 1 atom stereocenters. The first-order chi connectivity index (χ1) is 10.6. The maximum Gasteiger partial charge on any atom is 0.317 e. The smallest absolute Gasteiger partial charge is 0.317 e. The first-order valence-corrected chi connectivity index (χ1v) is 7.00. The minimum Gasteiger partial charge on any atom is -0.331 e. The molecule has 1 aromatic carbocycles. The summed E-state index contributed by atoms with van der Waals surface area (Å²) in [6.45, 7) is 2.38. The van der Waals surface area contributed by atoms with Gasteiger partial charge in [-0.3, -0.25) is 4.98 Å². The summed E-state index contributed by atoms with van der Waals surface area (Å²) in [7, 11) is 1.73. The molecule has 112 valence electrons. The Morgan fingerprint density at radius 1 is 1.36 bits per heavy atom. The van der Waals surface area contributed by atoms with Gasteiger partial charge in [0.2, 0.25) is 0 Å². The molecule has 0 saturated heterocycles. The minimum absolute atomic E-state index is 0.0941. The van der Waals surface area contributed by atoms with Crippen LogP contribution in [0.5, 0.6) is 0 Å². The number of nitriles is 1. The highest BCUT2D eigenvalue weighted by Gasteiger charge is 2.13. The Bertz CT molecular complexity index is 679. The number of rotatable bonds is 4. The van der Waals surface area contributed by atoms with Crippen molar-refractivity contribution in [1.82, 2.24) is 15.2 Å². The highest BCUT2D eigenvalue weighted by molar-refractivity contribution is 5.74. The van der Waals surface area contributed by atoms with E-state index in [9.17, 15) is 4.79 Å². The Morgan fingerprint density at radius 2 is 2.09 bits per heavy atom. The fourth-order valence-corrected chi connectivity index (χ4v) is 2.12. The van der Waals surface area contributed by atoms with E-state index in [2.05, 4.69) is 16.4 Å². The SMILES string of the molecule is CC(NC(=O)N(C)Cc1cccc(C#N)c1)c1ccncc1. The molecule has 0 bridgehead atoms. The van der Waals surface area contributed by atoms with Crippen molar-refractivity contribution in [3.63, 3.8) is 0 Å². The molecule has 0 saturated carbocycles. The fraction of sp³-hybridized carbons (Fsp3) is 0.235. The van der Waals surface area contributed by atoms with Crippen LogP contribution < -0.4 is 5.32 Å². The van der Waals surface area contributed by atoms with Gasteiger partial charge >= 0.3 is 6.03 Å². The van der Waals surface area contributed by atoms with E-state index in [1.807, 2.05) is 31.2 Å². The summed E-state index contributed by atoms with van der Waals surface area (Å²) in [4.78, 5) is 17.8. The third kappa shape index (κ3) is 4.06. The van der Waals surface area contributed by atoms with Crippen molar-refractivity contribution in [2.45, 2.75) is 19.5 Å². The summed E-state index contributed by atoms with van der Waals surface area (Å²) in [5.41, 5.74) is 2.52. The lowest BCUT2D eigenvalue weighted by molar-refractivity contribution is 0.203. The molecule has 0 aliphatic heterocycles. The Balaban J connectivity index is 1.96. The summed E-state index contributed by atoms with van der Waals surface area (Å²) in [6.07, 6.45) is 3.41. The molecule has 2 amide bonds. The molecule has 5 heteroatoms. The second kappa shape index (κ2) is 7.23. The van der Waals surface area contributed by atoms with Crippen molar-refractivity contribution in [3.8, 4) is 6.07 Å². The van der Waals surface area contributed by atoms with Gasteiger partial charge < -0.3 is 10.2 Å². The van der Waals surface area contributed by atoms with E-state index in [4.69, 9.17) is 5.26 Å². The van der Waals surface area contributed by atoms with Crippen LogP contribution in [0.1, 0.15) is 29.7 Å². The predicted octanol–water partition coefficient (Wildman–Crippen LogP) is 2.86. The zero-order valence-corrected chi connectivity index (χ0v) is 12.7. The molecule has 0 aliphatic carbocycles. The van der Waals surface area contributed by atoms with E-state index in [-0.39, 0.29) is 12.1 Å². The lowest BCUT2D eigenvalue weighted by Gasteiger charge is -2.21. The zero-order chi connectivity index (χ0) is 15.9. The number of hydrogen-bond acceptors (Lipinski definition) is 3. The van der Waals surface area contributed by atoms with Crippen molar-refractivity contribution < 1.29 is 4.79 Å². The first-order valence-electron chi connectivity index (χ1n) is 7.00. The van der Waals surface area contributed by atoms with Crippen LogP contribution in [0.2, 0.25) is 0 Å². The second-order valence-corrected chi connectivity index (χ2v) is 5.12. The maximum atomic E-state index is 12.2. The molecule has 0 aliphatic rings. The molecule has 1 aromatic heterocycles. The number of urea groups is 1. The molecule has 5 nitrogen and oxygen atoms in total. The summed E-state index contributed by atoms with van der Waals surface area (Å²) in [6, 6.07) is 12.8.